The van der Waals surface area contributed by atoms with Crippen molar-refractivity contribution in [3.8, 4) is 0 Å². The summed E-state index contributed by atoms with van der Waals surface area (Å²) in [4.78, 5) is 12.5. The number of benzene rings is 2. The van der Waals surface area contributed by atoms with Crippen molar-refractivity contribution in [2.45, 2.75) is 32.0 Å². The summed E-state index contributed by atoms with van der Waals surface area (Å²) in [5, 5.41) is 0. The predicted molar refractivity (Wildman–Crippen MR) is 101 cm³/mol. The van der Waals surface area contributed by atoms with Crippen LogP contribution in [0.3, 0.4) is 0 Å². The van der Waals surface area contributed by atoms with E-state index in [0.717, 1.165) is 19.8 Å². The van der Waals surface area contributed by atoms with Crippen LogP contribution in [-0.4, -0.2) is 35.7 Å². The number of hydrazine groups is 1. The lowest BCUT2D eigenvalue weighted by Crippen LogP contribution is -2.51. The van der Waals surface area contributed by atoms with Crippen molar-refractivity contribution in [3.63, 3.8) is 0 Å². The van der Waals surface area contributed by atoms with E-state index in [-0.39, 0.29) is 19.7 Å². The molecule has 27 heavy (non-hydrogen) atoms. The lowest BCUT2D eigenvalue weighted by molar-refractivity contribution is -0.148. The van der Waals surface area contributed by atoms with Crippen LogP contribution in [0.25, 0.3) is 0 Å². The molecule has 1 aliphatic rings. The molecule has 7 nitrogen and oxygen atoms in total. The van der Waals surface area contributed by atoms with Crippen LogP contribution in [0.2, 0.25) is 0 Å². The van der Waals surface area contributed by atoms with Gasteiger partial charge in [0.05, 0.1) is 6.54 Å². The fourth-order valence-electron chi connectivity index (χ4n) is 3.06. The number of nitrogens with zero attached hydrogens (tertiary/aromatic N) is 2. The van der Waals surface area contributed by atoms with Gasteiger partial charge in [0, 0.05) is 6.54 Å². The van der Waals surface area contributed by atoms with E-state index in [1.54, 1.807) is 12.1 Å². The number of carbonyl (C=O) groups excluding carboxylic acids is 1. The number of rotatable bonds is 7. The van der Waals surface area contributed by atoms with Gasteiger partial charge >= 0.3 is 5.97 Å². The van der Waals surface area contributed by atoms with Gasteiger partial charge in [-0.1, -0.05) is 60.7 Å². The normalized spacial score (nSPS) is 17.9. The number of hydrogen-bond acceptors (Lipinski definition) is 5. The van der Waals surface area contributed by atoms with Gasteiger partial charge in [-0.25, -0.2) is 0 Å². The van der Waals surface area contributed by atoms with Crippen LogP contribution < -0.4 is 5.84 Å². The molecule has 1 heterocycles. The highest BCUT2D eigenvalue weighted by molar-refractivity contribution is 7.86. The number of esters is 1. The number of carbonyl (C=O) groups is 1. The second-order valence-corrected chi connectivity index (χ2v) is 8.23. The molecule has 2 aromatic rings. The first kappa shape index (κ1) is 19.5. The summed E-state index contributed by atoms with van der Waals surface area (Å²) in [5.74, 6) is 5.29. The average molecular weight is 389 g/mol. The summed E-state index contributed by atoms with van der Waals surface area (Å²) in [6, 6.07) is 17.5. The topological polar surface area (TPSA) is 92.9 Å². The third-order valence-electron chi connectivity index (χ3n) is 4.47. The molecule has 0 unspecified atom stereocenters. The van der Waals surface area contributed by atoms with E-state index in [1.165, 1.54) is 0 Å². The van der Waals surface area contributed by atoms with E-state index in [4.69, 9.17) is 10.6 Å². The zero-order valence-corrected chi connectivity index (χ0v) is 15.7. The Morgan fingerprint density at radius 1 is 1.07 bits per heavy atom. The van der Waals surface area contributed by atoms with Crippen LogP contribution in [0.15, 0.2) is 60.7 Å². The summed E-state index contributed by atoms with van der Waals surface area (Å²) in [6.07, 6.45) is 1.01. The minimum atomic E-state index is -3.97. The molecule has 1 aliphatic heterocycles. The summed E-state index contributed by atoms with van der Waals surface area (Å²) in [7, 11) is -3.97. The van der Waals surface area contributed by atoms with Crippen molar-refractivity contribution in [1.82, 2.24) is 8.72 Å². The lowest BCUT2D eigenvalue weighted by atomic mass is 10.2. The zero-order chi connectivity index (χ0) is 19.3. The third kappa shape index (κ3) is 4.72. The van der Waals surface area contributed by atoms with Crippen molar-refractivity contribution in [1.29, 1.82) is 0 Å². The van der Waals surface area contributed by atoms with Crippen molar-refractivity contribution in [3.05, 3.63) is 71.8 Å². The monoisotopic (exact) mass is 389 g/mol. The highest BCUT2D eigenvalue weighted by Gasteiger charge is 2.41. The van der Waals surface area contributed by atoms with Crippen LogP contribution in [0.5, 0.6) is 0 Å². The Bertz CT molecular complexity index is 859. The van der Waals surface area contributed by atoms with Crippen LogP contribution in [0.1, 0.15) is 24.0 Å². The molecule has 0 spiro atoms. The first-order valence-corrected chi connectivity index (χ1v) is 10.2. The van der Waals surface area contributed by atoms with E-state index in [1.807, 2.05) is 48.5 Å². The van der Waals surface area contributed by atoms with Gasteiger partial charge in [-0.05, 0) is 24.0 Å². The maximum absolute atomic E-state index is 12.8. The standard InChI is InChI=1S/C19H23N3O4S/c20-22(14-16-8-3-1-4-9-16)27(24,25)21-13-7-12-18(21)19(23)26-15-17-10-5-2-6-11-17/h1-6,8-11,18H,7,12-15,20H2/t18-/m0/s1. The van der Waals surface area contributed by atoms with E-state index in [0.29, 0.717) is 12.8 Å². The molecule has 0 amide bonds. The van der Waals surface area contributed by atoms with Crippen LogP contribution >= 0.6 is 0 Å². The van der Waals surface area contributed by atoms with Gasteiger partial charge in [-0.3, -0.25) is 10.6 Å². The number of nitrogens with two attached hydrogens (primary N) is 1. The van der Waals surface area contributed by atoms with Crippen molar-refractivity contribution >= 4 is 16.2 Å². The molecule has 3 rings (SSSR count). The fourth-order valence-corrected chi connectivity index (χ4v) is 4.51. The third-order valence-corrected chi connectivity index (χ3v) is 6.23. The summed E-state index contributed by atoms with van der Waals surface area (Å²) in [5.41, 5.74) is 1.62. The van der Waals surface area contributed by atoms with Gasteiger partial charge in [0.2, 0.25) is 0 Å². The molecule has 2 N–H and O–H groups in total. The molecule has 8 heteroatoms. The first-order valence-electron chi connectivity index (χ1n) is 8.77. The number of ether oxygens (including phenoxy) is 1. The smallest absolute Gasteiger partial charge is 0.324 e. The first-order chi connectivity index (χ1) is 13.0. The zero-order valence-electron chi connectivity index (χ0n) is 14.9. The highest BCUT2D eigenvalue weighted by Crippen LogP contribution is 2.24. The quantitative estimate of drug-likeness (QED) is 0.443. The molecule has 1 saturated heterocycles. The van der Waals surface area contributed by atoms with Gasteiger partial charge in [0.15, 0.2) is 0 Å². The average Bonchev–Trinajstić information content (AvgIpc) is 3.18. The Balaban J connectivity index is 1.65. The van der Waals surface area contributed by atoms with Gasteiger partial charge in [0.25, 0.3) is 10.2 Å². The summed E-state index contributed by atoms with van der Waals surface area (Å²) < 4.78 is 32.9. The van der Waals surface area contributed by atoms with Gasteiger partial charge in [0.1, 0.15) is 12.6 Å². The Hall–Kier alpha value is -2.26. The molecule has 0 radical (unpaired) electrons. The second kappa shape index (κ2) is 8.62. The van der Waals surface area contributed by atoms with Crippen molar-refractivity contribution < 1.29 is 17.9 Å². The van der Waals surface area contributed by atoms with Gasteiger partial charge in [-0.15, -0.1) is 4.41 Å². The van der Waals surface area contributed by atoms with E-state index >= 15 is 0 Å². The SMILES string of the molecule is NN(Cc1ccccc1)S(=O)(=O)N1CCC[C@H]1C(=O)OCc1ccccc1. The van der Waals surface area contributed by atoms with Crippen LogP contribution in [-0.2, 0) is 32.9 Å². The molecule has 0 saturated carbocycles. The maximum Gasteiger partial charge on any atom is 0.324 e. The van der Waals surface area contributed by atoms with Crippen molar-refractivity contribution in [2.24, 2.45) is 5.84 Å². The second-order valence-electron chi connectivity index (χ2n) is 6.40. The molecule has 1 fully saturated rings. The van der Waals surface area contributed by atoms with E-state index < -0.39 is 22.2 Å². The predicted octanol–water partition coefficient (Wildman–Crippen LogP) is 1.81. The fraction of sp³-hybridized carbons (Fsp3) is 0.316. The van der Waals surface area contributed by atoms with Crippen molar-refractivity contribution in [2.75, 3.05) is 6.54 Å². The Labute approximate surface area is 159 Å². The molecular formula is C19H23N3O4S. The minimum absolute atomic E-state index is 0.0332. The maximum atomic E-state index is 12.8. The number of hydrogen-bond donors (Lipinski definition) is 1. The van der Waals surface area contributed by atoms with Gasteiger partial charge < -0.3 is 4.74 Å². The highest BCUT2D eigenvalue weighted by atomic mass is 32.2. The molecule has 1 atom stereocenters. The largest absolute Gasteiger partial charge is 0.460 e. The molecule has 2 aromatic carbocycles. The minimum Gasteiger partial charge on any atom is -0.460 e. The van der Waals surface area contributed by atoms with Gasteiger partial charge in [-0.2, -0.15) is 12.7 Å². The summed E-state index contributed by atoms with van der Waals surface area (Å²) >= 11 is 0. The summed E-state index contributed by atoms with van der Waals surface area (Å²) in [6.45, 7) is 0.391. The molecule has 144 valence electrons. The van der Waals surface area contributed by atoms with Crippen LogP contribution in [0.4, 0.5) is 0 Å². The Kier molecular flexibility index (Phi) is 6.22. The van der Waals surface area contributed by atoms with Crippen LogP contribution in [0, 0.1) is 0 Å². The van der Waals surface area contributed by atoms with E-state index in [2.05, 4.69) is 0 Å². The Morgan fingerprint density at radius 2 is 1.67 bits per heavy atom. The van der Waals surface area contributed by atoms with E-state index in [9.17, 15) is 13.2 Å². The Morgan fingerprint density at radius 3 is 2.30 bits per heavy atom. The molecule has 0 aliphatic carbocycles. The lowest BCUT2D eigenvalue weighted by Gasteiger charge is -2.27. The molecule has 0 bridgehead atoms. The molecular weight excluding hydrogens is 366 g/mol. The molecule has 0 aromatic heterocycles.